The normalized spacial score (nSPS) is 13.2. The monoisotopic (exact) mass is 459 g/mol. The van der Waals surface area contributed by atoms with E-state index in [-0.39, 0.29) is 11.8 Å². The van der Waals surface area contributed by atoms with Gasteiger partial charge in [-0.15, -0.1) is 11.3 Å². The van der Waals surface area contributed by atoms with Crippen LogP contribution in [-0.4, -0.2) is 38.2 Å². The molecule has 0 fully saturated rings. The van der Waals surface area contributed by atoms with Gasteiger partial charge in [0, 0.05) is 55.0 Å². The van der Waals surface area contributed by atoms with Crippen LogP contribution in [0, 0.1) is 6.92 Å². The van der Waals surface area contributed by atoms with E-state index in [2.05, 4.69) is 32.4 Å². The van der Waals surface area contributed by atoms with Crippen LogP contribution in [0.1, 0.15) is 44.0 Å². The Morgan fingerprint density at radius 2 is 2.12 bits per heavy atom. The van der Waals surface area contributed by atoms with Gasteiger partial charge in [0.15, 0.2) is 0 Å². The lowest BCUT2D eigenvalue weighted by Gasteiger charge is -2.30. The number of H-pyrrole nitrogens is 1. The van der Waals surface area contributed by atoms with Crippen LogP contribution in [0.5, 0.6) is 0 Å². The number of nitrogens with zero attached hydrogens (tertiary/aromatic N) is 3. The summed E-state index contributed by atoms with van der Waals surface area (Å²) < 4.78 is 0. The Kier molecular flexibility index (Phi) is 5.92. The van der Waals surface area contributed by atoms with Gasteiger partial charge in [-0.1, -0.05) is 18.2 Å². The predicted octanol–water partition coefficient (Wildman–Crippen LogP) is 3.78. The third-order valence-corrected chi connectivity index (χ3v) is 7.09. The zero-order chi connectivity index (χ0) is 22.8. The maximum Gasteiger partial charge on any atom is 0.263 e. The lowest BCUT2D eigenvalue weighted by molar-refractivity contribution is -0.132. The smallest absolute Gasteiger partial charge is 0.263 e. The average Bonchev–Trinajstić information content (AvgIpc) is 3.52. The maximum atomic E-state index is 13.0. The third-order valence-electron chi connectivity index (χ3n) is 6.31. The van der Waals surface area contributed by atoms with Gasteiger partial charge < -0.3 is 15.2 Å². The number of para-hydroxylation sites is 1. The molecule has 3 aromatic heterocycles. The summed E-state index contributed by atoms with van der Waals surface area (Å²) in [5, 5.41) is 4.16. The van der Waals surface area contributed by atoms with Crippen LogP contribution in [-0.2, 0) is 30.7 Å². The highest BCUT2D eigenvalue weighted by Crippen LogP contribution is 2.25. The van der Waals surface area contributed by atoms with Crippen LogP contribution >= 0.6 is 11.3 Å². The number of aryl methyl sites for hydroxylation is 2. The van der Waals surface area contributed by atoms with Crippen LogP contribution in [0.25, 0.3) is 10.9 Å². The Morgan fingerprint density at radius 1 is 1.24 bits per heavy atom. The summed E-state index contributed by atoms with van der Waals surface area (Å²) in [4.78, 5) is 39.6. The number of aromatic nitrogens is 3. The summed E-state index contributed by atoms with van der Waals surface area (Å²) in [7, 11) is 0. The fourth-order valence-corrected chi connectivity index (χ4v) is 5.03. The molecule has 4 heterocycles. The van der Waals surface area contributed by atoms with E-state index < -0.39 is 0 Å². The van der Waals surface area contributed by atoms with Gasteiger partial charge >= 0.3 is 0 Å². The molecule has 33 heavy (non-hydrogen) atoms. The number of carbonyl (C=O) groups is 2. The van der Waals surface area contributed by atoms with Gasteiger partial charge in [0.25, 0.3) is 5.91 Å². The number of carbonyl (C=O) groups excluding carboxylic acids is 2. The molecule has 2 amide bonds. The molecule has 1 aliphatic rings. The SMILES string of the molecule is Cc1ncc2c(c1CNC(=O)c1cncs1)CCN(C(=O)CCc1c[nH]c3ccccc13)C2. The molecule has 0 aliphatic carbocycles. The summed E-state index contributed by atoms with van der Waals surface area (Å²) in [6.45, 7) is 3.63. The van der Waals surface area contributed by atoms with Crippen LogP contribution in [0.15, 0.2) is 48.4 Å². The first-order valence-corrected chi connectivity index (χ1v) is 11.9. The Morgan fingerprint density at radius 3 is 2.97 bits per heavy atom. The fourth-order valence-electron chi connectivity index (χ4n) is 4.49. The molecule has 0 spiro atoms. The van der Waals surface area contributed by atoms with Crippen molar-refractivity contribution in [3.8, 4) is 0 Å². The van der Waals surface area contributed by atoms with Gasteiger partial charge in [-0.3, -0.25) is 19.6 Å². The minimum Gasteiger partial charge on any atom is -0.361 e. The molecule has 4 aromatic rings. The van der Waals surface area contributed by atoms with Crippen molar-refractivity contribution in [2.45, 2.75) is 39.3 Å². The van der Waals surface area contributed by atoms with Crippen molar-refractivity contribution in [1.29, 1.82) is 0 Å². The summed E-state index contributed by atoms with van der Waals surface area (Å²) in [6.07, 6.45) is 7.41. The zero-order valence-corrected chi connectivity index (χ0v) is 19.2. The molecule has 2 N–H and O–H groups in total. The van der Waals surface area contributed by atoms with Gasteiger partial charge in [-0.25, -0.2) is 0 Å². The Hall–Kier alpha value is -3.52. The van der Waals surface area contributed by atoms with E-state index in [9.17, 15) is 9.59 Å². The minimum absolute atomic E-state index is 0.126. The molecule has 5 rings (SSSR count). The van der Waals surface area contributed by atoms with Crippen LogP contribution < -0.4 is 5.32 Å². The summed E-state index contributed by atoms with van der Waals surface area (Å²) in [5.41, 5.74) is 8.16. The Balaban J connectivity index is 1.24. The van der Waals surface area contributed by atoms with Crippen molar-refractivity contribution in [2.24, 2.45) is 0 Å². The third kappa shape index (κ3) is 4.39. The highest BCUT2D eigenvalue weighted by Gasteiger charge is 2.24. The van der Waals surface area contributed by atoms with E-state index in [1.807, 2.05) is 36.4 Å². The number of hydrogen-bond donors (Lipinski definition) is 2. The number of pyridine rings is 1. The van der Waals surface area contributed by atoms with Crippen molar-refractivity contribution in [1.82, 2.24) is 25.2 Å². The summed E-state index contributed by atoms with van der Waals surface area (Å²) in [5.74, 6) is 0.0333. The molecule has 0 unspecified atom stereocenters. The van der Waals surface area contributed by atoms with Gasteiger partial charge in [-0.05, 0) is 48.1 Å². The number of aromatic amines is 1. The molecule has 168 valence electrons. The Labute approximate surface area is 195 Å². The summed E-state index contributed by atoms with van der Waals surface area (Å²) >= 11 is 1.32. The number of amides is 2. The lowest BCUT2D eigenvalue weighted by atomic mass is 9.94. The zero-order valence-electron chi connectivity index (χ0n) is 18.4. The predicted molar refractivity (Wildman–Crippen MR) is 128 cm³/mol. The first-order valence-electron chi connectivity index (χ1n) is 11.1. The first-order chi connectivity index (χ1) is 16.1. The number of rotatable bonds is 6. The second-order valence-electron chi connectivity index (χ2n) is 8.30. The molecule has 0 saturated heterocycles. The molecule has 0 saturated carbocycles. The standard InChI is InChI=1S/C25H25N5O2S/c1-16-21(12-29-25(32)23-13-26-15-33-23)19-8-9-30(14-18(19)11-27-16)24(31)7-6-17-10-28-22-5-3-2-4-20(17)22/h2-5,10-11,13,15,28H,6-9,12,14H2,1H3,(H,29,32). The topological polar surface area (TPSA) is 91.0 Å². The molecule has 0 radical (unpaired) electrons. The van der Waals surface area contributed by atoms with Crippen LogP contribution in [0.4, 0.5) is 0 Å². The highest BCUT2D eigenvalue weighted by molar-refractivity contribution is 7.11. The van der Waals surface area contributed by atoms with Crippen LogP contribution in [0.2, 0.25) is 0 Å². The largest absolute Gasteiger partial charge is 0.361 e. The number of thiazole rings is 1. The quantitative estimate of drug-likeness (QED) is 0.459. The maximum absolute atomic E-state index is 13.0. The van der Waals surface area contributed by atoms with Crippen molar-refractivity contribution >= 4 is 34.1 Å². The van der Waals surface area contributed by atoms with Crippen LogP contribution in [0.3, 0.4) is 0 Å². The van der Waals surface area contributed by atoms with E-state index in [0.29, 0.717) is 37.4 Å². The highest BCUT2D eigenvalue weighted by atomic mass is 32.1. The molecule has 0 bridgehead atoms. The molecule has 1 aromatic carbocycles. The van der Waals surface area contributed by atoms with Crippen molar-refractivity contribution in [2.75, 3.05) is 6.54 Å². The molecular weight excluding hydrogens is 434 g/mol. The van der Waals surface area contributed by atoms with E-state index in [0.717, 1.165) is 28.8 Å². The van der Waals surface area contributed by atoms with E-state index >= 15 is 0 Å². The van der Waals surface area contributed by atoms with Gasteiger partial charge in [0.1, 0.15) is 4.88 Å². The molecular formula is C25H25N5O2S. The van der Waals surface area contributed by atoms with Crippen molar-refractivity contribution in [3.05, 3.63) is 81.2 Å². The average molecular weight is 460 g/mol. The van der Waals surface area contributed by atoms with Gasteiger partial charge in [0.05, 0.1) is 11.7 Å². The lowest BCUT2D eigenvalue weighted by Crippen LogP contribution is -2.37. The minimum atomic E-state index is -0.126. The second kappa shape index (κ2) is 9.15. The number of benzene rings is 1. The molecule has 1 aliphatic heterocycles. The van der Waals surface area contributed by atoms with E-state index in [1.54, 1.807) is 11.7 Å². The number of hydrogen-bond acceptors (Lipinski definition) is 5. The fraction of sp³-hybridized carbons (Fsp3) is 0.280. The van der Waals surface area contributed by atoms with Gasteiger partial charge in [0.2, 0.25) is 5.91 Å². The van der Waals surface area contributed by atoms with Crippen molar-refractivity contribution in [3.63, 3.8) is 0 Å². The first kappa shape index (κ1) is 21.3. The van der Waals surface area contributed by atoms with E-state index in [1.165, 1.54) is 27.8 Å². The van der Waals surface area contributed by atoms with Crippen molar-refractivity contribution < 1.29 is 9.59 Å². The van der Waals surface area contributed by atoms with E-state index in [4.69, 9.17) is 0 Å². The molecule has 8 heteroatoms. The molecule has 0 atom stereocenters. The van der Waals surface area contributed by atoms with Gasteiger partial charge in [-0.2, -0.15) is 0 Å². The summed E-state index contributed by atoms with van der Waals surface area (Å²) in [6, 6.07) is 8.17. The Bertz CT molecular complexity index is 1310. The number of fused-ring (bicyclic) bond motifs is 2. The second-order valence-corrected chi connectivity index (χ2v) is 9.19. The number of nitrogens with one attached hydrogen (secondary N) is 2. The molecule has 7 nitrogen and oxygen atoms in total.